The number of fused-ring (bicyclic) bond motifs is 1. The number of carbonyl (C=O) groups is 1. The van der Waals surface area contributed by atoms with Crippen LogP contribution in [0.5, 0.6) is 11.5 Å². The minimum Gasteiger partial charge on any atom is -0.496 e. The minimum atomic E-state index is -0.572. The number of ether oxygens (including phenoxy) is 3. The maximum Gasteiger partial charge on any atom is 0.410 e. The lowest BCUT2D eigenvalue weighted by molar-refractivity contribution is 0.00745. The first-order valence-corrected chi connectivity index (χ1v) is 11.2. The van der Waals surface area contributed by atoms with Crippen molar-refractivity contribution in [3.63, 3.8) is 0 Å². The van der Waals surface area contributed by atoms with E-state index in [1.165, 1.54) is 0 Å². The molecule has 0 radical (unpaired) electrons. The molecule has 0 bridgehead atoms. The van der Waals surface area contributed by atoms with E-state index in [1.807, 2.05) is 81.6 Å². The van der Waals surface area contributed by atoms with Gasteiger partial charge in [0.15, 0.2) is 0 Å². The molecular formula is C26H31N3O4. The van der Waals surface area contributed by atoms with E-state index >= 15 is 0 Å². The Labute approximate surface area is 194 Å². The Balaban J connectivity index is 1.62. The third-order valence-electron chi connectivity index (χ3n) is 5.48. The number of hydrogen-bond acceptors (Lipinski definition) is 5. The fourth-order valence-electron chi connectivity index (χ4n) is 4.00. The highest BCUT2D eigenvalue weighted by atomic mass is 16.6. The predicted octanol–water partition coefficient (Wildman–Crippen LogP) is 5.32. The summed E-state index contributed by atoms with van der Waals surface area (Å²) in [6.07, 6.45) is 2.29. The lowest BCUT2D eigenvalue weighted by atomic mass is 10.1. The topological polar surface area (TPSA) is 65.8 Å². The van der Waals surface area contributed by atoms with Gasteiger partial charge < -0.3 is 18.8 Å². The zero-order chi connectivity index (χ0) is 23.4. The fourth-order valence-corrected chi connectivity index (χ4v) is 4.00. The van der Waals surface area contributed by atoms with Crippen molar-refractivity contribution < 1.29 is 19.0 Å². The Morgan fingerprint density at radius 2 is 1.79 bits per heavy atom. The van der Waals surface area contributed by atoms with Gasteiger partial charge in [0.05, 0.1) is 25.5 Å². The summed E-state index contributed by atoms with van der Waals surface area (Å²) >= 11 is 0. The van der Waals surface area contributed by atoms with Crippen LogP contribution >= 0.6 is 0 Å². The van der Waals surface area contributed by atoms with Gasteiger partial charge in [-0.2, -0.15) is 0 Å². The first-order valence-electron chi connectivity index (χ1n) is 11.2. The van der Waals surface area contributed by atoms with E-state index in [4.69, 9.17) is 19.2 Å². The number of nitrogens with zero attached hydrogens (tertiary/aromatic N) is 3. The maximum absolute atomic E-state index is 13.1. The Morgan fingerprint density at radius 3 is 2.52 bits per heavy atom. The molecule has 7 heteroatoms. The molecule has 0 fully saturated rings. The largest absolute Gasteiger partial charge is 0.496 e. The van der Waals surface area contributed by atoms with Crippen LogP contribution in [-0.4, -0.2) is 46.4 Å². The van der Waals surface area contributed by atoms with Gasteiger partial charge in [0.2, 0.25) is 0 Å². The van der Waals surface area contributed by atoms with Crippen LogP contribution in [0.2, 0.25) is 0 Å². The first kappa shape index (κ1) is 22.7. The number of amides is 1. The molecule has 0 aliphatic carbocycles. The van der Waals surface area contributed by atoms with Crippen LogP contribution in [0.3, 0.4) is 0 Å². The van der Waals surface area contributed by atoms with E-state index in [2.05, 4.69) is 4.57 Å². The fraction of sp³-hybridized carbons (Fsp3) is 0.385. The summed E-state index contributed by atoms with van der Waals surface area (Å²) in [6.45, 7) is 7.27. The van der Waals surface area contributed by atoms with Crippen LogP contribution < -0.4 is 9.47 Å². The van der Waals surface area contributed by atoms with Crippen molar-refractivity contribution in [3.8, 4) is 22.8 Å². The summed E-state index contributed by atoms with van der Waals surface area (Å²) in [6, 6.07) is 17.2. The number of hydrogen-bond donors (Lipinski definition) is 0. The second kappa shape index (κ2) is 9.57. The van der Waals surface area contributed by atoms with E-state index in [-0.39, 0.29) is 12.1 Å². The van der Waals surface area contributed by atoms with Crippen molar-refractivity contribution in [1.82, 2.24) is 14.5 Å². The van der Waals surface area contributed by atoms with Crippen LogP contribution in [0, 0.1) is 0 Å². The molecule has 7 nitrogen and oxygen atoms in total. The Bertz CT molecular complexity index is 1090. The Hall–Kier alpha value is -3.48. The standard InChI is InChI=1S/C26H31N3O4/c1-26(2,3)33-25(30)29-16-15-28-18-21(20-12-8-9-13-23(20)31-4)27-24(28)22(29)14-17-32-19-10-6-5-7-11-19/h5-13,18,22H,14-17H2,1-4H3. The highest BCUT2D eigenvalue weighted by molar-refractivity contribution is 5.70. The number of benzene rings is 2. The third kappa shape index (κ3) is 5.30. The maximum atomic E-state index is 13.1. The molecule has 2 aromatic carbocycles. The van der Waals surface area contributed by atoms with Gasteiger partial charge in [0.25, 0.3) is 0 Å². The van der Waals surface area contributed by atoms with E-state index in [9.17, 15) is 4.79 Å². The summed E-state index contributed by atoms with van der Waals surface area (Å²) in [5, 5.41) is 0. The van der Waals surface area contributed by atoms with Crippen molar-refractivity contribution in [2.45, 2.75) is 45.4 Å². The number of rotatable bonds is 6. The van der Waals surface area contributed by atoms with Crippen LogP contribution in [0.15, 0.2) is 60.8 Å². The molecule has 1 unspecified atom stereocenters. The van der Waals surface area contributed by atoms with Crippen molar-refractivity contribution in [2.24, 2.45) is 0 Å². The number of carbonyl (C=O) groups excluding carboxylic acids is 1. The molecule has 4 rings (SSSR count). The molecule has 1 atom stereocenters. The zero-order valence-corrected chi connectivity index (χ0v) is 19.7. The van der Waals surface area contributed by atoms with Gasteiger partial charge in [-0.05, 0) is 45.0 Å². The predicted molar refractivity (Wildman–Crippen MR) is 126 cm³/mol. The quantitative estimate of drug-likeness (QED) is 0.510. The lowest BCUT2D eigenvalue weighted by Gasteiger charge is -2.36. The van der Waals surface area contributed by atoms with Gasteiger partial charge in [0.1, 0.15) is 22.9 Å². The number of imidazole rings is 1. The second-order valence-electron chi connectivity index (χ2n) is 9.02. The highest BCUT2D eigenvalue weighted by Gasteiger charge is 2.35. The van der Waals surface area contributed by atoms with E-state index < -0.39 is 5.60 Å². The lowest BCUT2D eigenvalue weighted by Crippen LogP contribution is -2.45. The van der Waals surface area contributed by atoms with Gasteiger partial charge >= 0.3 is 6.09 Å². The average molecular weight is 450 g/mol. The molecule has 0 saturated carbocycles. The van der Waals surface area contributed by atoms with E-state index in [1.54, 1.807) is 12.0 Å². The molecule has 174 valence electrons. The summed E-state index contributed by atoms with van der Waals surface area (Å²) in [5.74, 6) is 2.39. The summed E-state index contributed by atoms with van der Waals surface area (Å²) in [4.78, 5) is 19.8. The van der Waals surface area contributed by atoms with Crippen LogP contribution in [0.4, 0.5) is 4.79 Å². The van der Waals surface area contributed by atoms with Crippen molar-refractivity contribution in [1.29, 1.82) is 0 Å². The number of methoxy groups -OCH3 is 1. The normalized spacial score (nSPS) is 15.6. The smallest absolute Gasteiger partial charge is 0.410 e. The second-order valence-corrected chi connectivity index (χ2v) is 9.02. The molecule has 1 amide bonds. The third-order valence-corrected chi connectivity index (χ3v) is 5.48. The average Bonchev–Trinajstić information content (AvgIpc) is 3.23. The van der Waals surface area contributed by atoms with Gasteiger partial charge in [-0.3, -0.25) is 4.90 Å². The van der Waals surface area contributed by atoms with Crippen LogP contribution in [-0.2, 0) is 11.3 Å². The van der Waals surface area contributed by atoms with Crippen molar-refractivity contribution in [2.75, 3.05) is 20.3 Å². The van der Waals surface area contributed by atoms with E-state index in [0.717, 1.165) is 28.6 Å². The molecule has 2 heterocycles. The summed E-state index contributed by atoms with van der Waals surface area (Å²) in [5.41, 5.74) is 1.17. The van der Waals surface area contributed by atoms with Gasteiger partial charge in [-0.25, -0.2) is 9.78 Å². The van der Waals surface area contributed by atoms with Gasteiger partial charge in [-0.1, -0.05) is 30.3 Å². The molecule has 1 aliphatic rings. The molecule has 1 aliphatic heterocycles. The molecule has 33 heavy (non-hydrogen) atoms. The monoisotopic (exact) mass is 449 g/mol. The van der Waals surface area contributed by atoms with Crippen molar-refractivity contribution in [3.05, 3.63) is 66.6 Å². The summed E-state index contributed by atoms with van der Waals surface area (Å²) in [7, 11) is 1.66. The zero-order valence-electron chi connectivity index (χ0n) is 19.7. The molecule has 0 N–H and O–H groups in total. The summed E-state index contributed by atoms with van der Waals surface area (Å²) < 4.78 is 19.3. The number of para-hydroxylation sites is 2. The van der Waals surface area contributed by atoms with Crippen LogP contribution in [0.1, 0.15) is 39.1 Å². The highest BCUT2D eigenvalue weighted by Crippen LogP contribution is 2.35. The first-order chi connectivity index (χ1) is 15.9. The van der Waals surface area contributed by atoms with Gasteiger partial charge in [0, 0.05) is 31.3 Å². The Kier molecular flexibility index (Phi) is 6.58. The van der Waals surface area contributed by atoms with Gasteiger partial charge in [-0.15, -0.1) is 0 Å². The molecule has 3 aromatic rings. The van der Waals surface area contributed by atoms with Crippen molar-refractivity contribution >= 4 is 6.09 Å². The van der Waals surface area contributed by atoms with Crippen LogP contribution in [0.25, 0.3) is 11.3 Å². The van der Waals surface area contributed by atoms with E-state index in [0.29, 0.717) is 26.1 Å². The minimum absolute atomic E-state index is 0.263. The SMILES string of the molecule is COc1ccccc1-c1cn2c(n1)C(CCOc1ccccc1)N(C(=O)OC(C)(C)C)CC2. The molecule has 0 spiro atoms. The molecular weight excluding hydrogens is 418 g/mol. The molecule has 0 saturated heterocycles. The molecule has 1 aromatic heterocycles. The number of aromatic nitrogens is 2. The Morgan fingerprint density at radius 1 is 1.06 bits per heavy atom.